The number of hydrogen-bond acceptors (Lipinski definition) is 4. The third kappa shape index (κ3) is 3.94. The highest BCUT2D eigenvalue weighted by atomic mass is 127. The molecule has 0 unspecified atom stereocenters. The van der Waals surface area contributed by atoms with Crippen LogP contribution < -0.4 is 5.43 Å². The smallest absolute Gasteiger partial charge is 0.337 e. The van der Waals surface area contributed by atoms with E-state index in [4.69, 9.17) is 27.6 Å². The van der Waals surface area contributed by atoms with E-state index in [-0.39, 0.29) is 26.8 Å². The van der Waals surface area contributed by atoms with Gasteiger partial charge in [-0.15, -0.1) is 0 Å². The maximum Gasteiger partial charge on any atom is 0.337 e. The average molecular weight is 905 g/mol. The van der Waals surface area contributed by atoms with Crippen molar-refractivity contribution in [2.75, 3.05) is 0 Å². The molecule has 11 heteroatoms. The van der Waals surface area contributed by atoms with Crippen molar-refractivity contribution in [1.29, 1.82) is 0 Å². The molecule has 0 bridgehead atoms. The Morgan fingerprint density at radius 2 is 1.65 bits per heavy atom. The van der Waals surface area contributed by atoms with Gasteiger partial charge in [0.05, 0.1) is 26.3 Å². The van der Waals surface area contributed by atoms with E-state index >= 15 is 0 Å². The van der Waals surface area contributed by atoms with Crippen molar-refractivity contribution in [3.8, 4) is 28.2 Å². The van der Waals surface area contributed by atoms with Crippen molar-refractivity contribution in [3.05, 3.63) is 64.4 Å². The van der Waals surface area contributed by atoms with E-state index in [2.05, 4.69) is 0 Å². The fraction of sp³-hybridized carbons (Fsp3) is 0. The van der Waals surface area contributed by atoms with Crippen molar-refractivity contribution in [1.82, 2.24) is 0 Å². The molecule has 31 heavy (non-hydrogen) atoms. The highest BCUT2D eigenvalue weighted by Crippen LogP contribution is 2.47. The van der Waals surface area contributed by atoms with Crippen LogP contribution >= 0.6 is 114 Å². The lowest BCUT2D eigenvalue weighted by Crippen LogP contribution is -2.12. The number of fused-ring (bicyclic) bond motifs is 2. The van der Waals surface area contributed by atoms with Crippen LogP contribution in [0.2, 0.25) is 10.0 Å². The highest BCUT2D eigenvalue weighted by Gasteiger charge is 2.28. The summed E-state index contributed by atoms with van der Waals surface area (Å²) in [6, 6.07) is 6.50. The molecule has 0 saturated heterocycles. The molecule has 1 aliphatic carbocycles. The molecule has 0 fully saturated rings. The first-order chi connectivity index (χ1) is 14.5. The zero-order valence-corrected chi connectivity index (χ0v) is 24.8. The lowest BCUT2D eigenvalue weighted by Gasteiger charge is -2.20. The van der Waals surface area contributed by atoms with Crippen LogP contribution in [-0.4, -0.2) is 16.2 Å². The van der Waals surface area contributed by atoms with Gasteiger partial charge in [0, 0.05) is 16.5 Å². The number of carboxylic acid groups (broad SMARTS) is 1. The standard InChI is InChI=1S/C20H6Cl2I4O5/c21-8-2-1-5(12(13(8)22)20(29)30)11-6-3-9(23)16(27)14(25)18(6)31-19-7(11)4-10(24)17(28)15(19)26/h1-4,27H,(H,29,30). The summed E-state index contributed by atoms with van der Waals surface area (Å²) in [5.74, 6) is -0.898. The molecule has 0 aromatic heterocycles. The Morgan fingerprint density at radius 3 is 2.29 bits per heavy atom. The van der Waals surface area contributed by atoms with Gasteiger partial charge in [-0.3, -0.25) is 4.79 Å². The van der Waals surface area contributed by atoms with Crippen LogP contribution in [0.3, 0.4) is 0 Å². The summed E-state index contributed by atoms with van der Waals surface area (Å²) in [4.78, 5) is 24.7. The Balaban J connectivity index is 2.36. The molecule has 2 N–H and O–H groups in total. The number of benzene rings is 3. The number of carbonyl (C=O) groups is 1. The second-order valence-electron chi connectivity index (χ2n) is 6.34. The van der Waals surface area contributed by atoms with E-state index in [1.807, 2.05) is 90.4 Å². The summed E-state index contributed by atoms with van der Waals surface area (Å²) >= 11 is 20.2. The minimum atomic E-state index is -1.24. The fourth-order valence-electron chi connectivity index (χ4n) is 3.25. The zero-order chi connectivity index (χ0) is 22.8. The summed E-state index contributed by atoms with van der Waals surface area (Å²) in [6.45, 7) is 0. The predicted octanol–water partition coefficient (Wildman–Crippen LogP) is 7.69. The van der Waals surface area contributed by atoms with Gasteiger partial charge in [-0.05, 0) is 114 Å². The van der Waals surface area contributed by atoms with Crippen LogP contribution in [0.1, 0.15) is 10.4 Å². The maximum atomic E-state index is 12.6. The molecule has 4 rings (SSSR count). The number of halogens is 6. The Bertz CT molecular complexity index is 1470. The molecule has 2 aliphatic rings. The van der Waals surface area contributed by atoms with Gasteiger partial charge in [-0.2, -0.15) is 0 Å². The highest BCUT2D eigenvalue weighted by molar-refractivity contribution is 14.1. The van der Waals surface area contributed by atoms with Gasteiger partial charge < -0.3 is 14.6 Å². The summed E-state index contributed by atoms with van der Waals surface area (Å²) < 4.78 is 7.93. The molecule has 2 aromatic carbocycles. The topological polar surface area (TPSA) is 87.7 Å². The Hall–Kier alpha value is -0.100. The van der Waals surface area contributed by atoms with E-state index in [1.165, 1.54) is 6.07 Å². The molecule has 5 nitrogen and oxygen atoms in total. The largest absolute Gasteiger partial charge is 0.506 e. The van der Waals surface area contributed by atoms with E-state index < -0.39 is 5.97 Å². The maximum absolute atomic E-state index is 12.6. The van der Waals surface area contributed by atoms with Crippen molar-refractivity contribution < 1.29 is 19.4 Å². The minimum absolute atomic E-state index is 0.0400. The van der Waals surface area contributed by atoms with E-state index in [1.54, 1.807) is 18.2 Å². The first-order valence-corrected chi connectivity index (χ1v) is 13.3. The molecular formula is C20H6Cl2I4O5. The number of phenolic OH excluding ortho intramolecular Hbond substituents is 1. The fourth-order valence-corrected chi connectivity index (χ4v) is 7.23. The minimum Gasteiger partial charge on any atom is -0.506 e. The lowest BCUT2D eigenvalue weighted by molar-refractivity contribution is 0.0698. The molecule has 1 aliphatic heterocycles. The number of hydrogen-bond donors (Lipinski definition) is 2. The van der Waals surface area contributed by atoms with Crippen molar-refractivity contribution in [3.63, 3.8) is 0 Å². The van der Waals surface area contributed by atoms with Gasteiger partial charge in [0.25, 0.3) is 0 Å². The van der Waals surface area contributed by atoms with Gasteiger partial charge >= 0.3 is 5.97 Å². The van der Waals surface area contributed by atoms with Crippen molar-refractivity contribution in [2.45, 2.75) is 0 Å². The van der Waals surface area contributed by atoms with Crippen LogP contribution in [0.4, 0.5) is 0 Å². The molecule has 0 radical (unpaired) electrons. The van der Waals surface area contributed by atoms with Gasteiger partial charge in [0.15, 0.2) is 11.3 Å². The summed E-state index contributed by atoms with van der Waals surface area (Å²) in [6.07, 6.45) is 0. The summed E-state index contributed by atoms with van der Waals surface area (Å²) in [5.41, 5.74) is 1.40. The zero-order valence-electron chi connectivity index (χ0n) is 14.7. The molecule has 1 heterocycles. The van der Waals surface area contributed by atoms with Gasteiger partial charge in [-0.25, -0.2) is 4.79 Å². The van der Waals surface area contributed by atoms with E-state index in [0.717, 1.165) is 0 Å². The van der Waals surface area contributed by atoms with Crippen LogP contribution in [-0.2, 0) is 0 Å². The van der Waals surface area contributed by atoms with Gasteiger partial charge in [-0.1, -0.05) is 29.3 Å². The van der Waals surface area contributed by atoms with Crippen molar-refractivity contribution in [2.24, 2.45) is 0 Å². The number of rotatable bonds is 2. The molecular weight excluding hydrogens is 899 g/mol. The lowest BCUT2D eigenvalue weighted by atomic mass is 9.90. The number of phenols is 1. The molecule has 0 amide bonds. The SMILES string of the molecule is O=C(O)c1c(-c2c3cc(I)c(=O)c(I)c-3oc3c(I)c(O)c(I)cc23)ccc(Cl)c1Cl. The normalized spacial score (nSPS) is 11.4. The molecule has 158 valence electrons. The average Bonchev–Trinajstić information content (AvgIpc) is 2.71. The Labute approximate surface area is 239 Å². The van der Waals surface area contributed by atoms with Crippen LogP contribution in [0.5, 0.6) is 5.75 Å². The number of aromatic hydroxyl groups is 1. The third-order valence-corrected chi connectivity index (χ3v) is 9.01. The number of aromatic carboxylic acids is 1. The second-order valence-corrected chi connectivity index (χ2v) is 11.6. The van der Waals surface area contributed by atoms with Crippen molar-refractivity contribution >= 4 is 131 Å². The van der Waals surface area contributed by atoms with Crippen LogP contribution in [0.25, 0.3) is 33.4 Å². The molecule has 0 spiro atoms. The van der Waals surface area contributed by atoms with Gasteiger partial charge in [0.1, 0.15) is 9.32 Å². The first kappa shape index (κ1) is 24.0. The quantitative estimate of drug-likeness (QED) is 0.159. The Kier molecular flexibility index (Phi) is 6.92. The monoisotopic (exact) mass is 904 g/mol. The second kappa shape index (κ2) is 8.92. The van der Waals surface area contributed by atoms with Crippen LogP contribution in [0, 0.1) is 14.3 Å². The van der Waals surface area contributed by atoms with Crippen LogP contribution in [0.15, 0.2) is 33.5 Å². The summed E-state index contributed by atoms with van der Waals surface area (Å²) in [7, 11) is 0. The molecule has 0 atom stereocenters. The first-order valence-electron chi connectivity index (χ1n) is 8.21. The molecule has 0 saturated carbocycles. The van der Waals surface area contributed by atoms with E-state index in [0.29, 0.717) is 47.7 Å². The third-order valence-electron chi connectivity index (χ3n) is 4.60. The Morgan fingerprint density at radius 1 is 0.968 bits per heavy atom. The molecule has 2 aromatic rings. The number of carboxylic acids is 1. The predicted molar refractivity (Wildman–Crippen MR) is 154 cm³/mol. The van der Waals surface area contributed by atoms with Gasteiger partial charge in [0.2, 0.25) is 5.43 Å². The van der Waals surface area contributed by atoms with E-state index in [9.17, 15) is 19.8 Å². The summed E-state index contributed by atoms with van der Waals surface area (Å²) in [5, 5.41) is 21.0.